The molecule has 2 N–H and O–H groups in total. The van der Waals surface area contributed by atoms with Gasteiger partial charge in [0.05, 0.1) is 20.8 Å². The number of aromatic nitrogens is 1. The number of nitrogens with one attached hydrogen (secondary N) is 1. The number of benzene rings is 3. The van der Waals surface area contributed by atoms with E-state index in [1.165, 1.54) is 38.6 Å². The summed E-state index contributed by atoms with van der Waals surface area (Å²) in [4.78, 5) is 18.7. The molecule has 4 rings (SSSR count). The van der Waals surface area contributed by atoms with Crippen molar-refractivity contribution >= 4 is 22.4 Å². The van der Waals surface area contributed by atoms with Crippen molar-refractivity contribution < 1.29 is 46.4 Å². The van der Waals surface area contributed by atoms with Crippen LogP contribution in [0.4, 0.5) is 23.2 Å². The second kappa shape index (κ2) is 11.7. The lowest BCUT2D eigenvalue weighted by atomic mass is 9.94. The van der Waals surface area contributed by atoms with E-state index < -0.39 is 29.8 Å². The van der Waals surface area contributed by atoms with E-state index in [0.717, 1.165) is 18.2 Å². The minimum absolute atomic E-state index is 0.0160. The van der Waals surface area contributed by atoms with Gasteiger partial charge in [0.1, 0.15) is 41.5 Å². The molecule has 0 bridgehead atoms. The number of fused-ring (bicyclic) bond motifs is 1. The highest BCUT2D eigenvalue weighted by Gasteiger charge is 2.33. The number of aliphatic hydroxyl groups is 1. The van der Waals surface area contributed by atoms with Gasteiger partial charge in [0.25, 0.3) is 0 Å². The number of hydrogen-bond acceptors (Lipinski definition) is 7. The highest BCUT2D eigenvalue weighted by molar-refractivity contribution is 6.12. The molecule has 0 aliphatic rings. The summed E-state index contributed by atoms with van der Waals surface area (Å²) < 4.78 is 73.1. The zero-order valence-electron chi connectivity index (χ0n) is 21.7. The standard InChI is InChI=1S/C28H26F4N2O6/c1-34(17-11-19(37-2)13-20(12-17)39-9-8-35)26(21-6-4-16(29)10-25(21)38-3)27(36)23-15-33-24-7-5-18(14-22(23)24)40-28(30,31)32/h4-7,10-15,26,33,35H,8-9H2,1-3H3. The van der Waals surface area contributed by atoms with Gasteiger partial charge in [-0.25, -0.2) is 4.39 Å². The second-order valence-corrected chi connectivity index (χ2v) is 8.66. The van der Waals surface area contributed by atoms with Crippen molar-refractivity contribution in [3.63, 3.8) is 0 Å². The summed E-state index contributed by atoms with van der Waals surface area (Å²) in [5.41, 5.74) is 1.24. The van der Waals surface area contributed by atoms with Gasteiger partial charge in [0.15, 0.2) is 5.78 Å². The van der Waals surface area contributed by atoms with Crippen LogP contribution >= 0.6 is 0 Å². The molecule has 0 saturated carbocycles. The molecule has 0 aliphatic heterocycles. The van der Waals surface area contributed by atoms with Crippen LogP contribution < -0.4 is 23.8 Å². The topological polar surface area (TPSA) is 93.2 Å². The van der Waals surface area contributed by atoms with Crippen LogP contribution in [0.15, 0.2) is 60.8 Å². The minimum atomic E-state index is -4.92. The first kappa shape index (κ1) is 28.6. The molecule has 1 unspecified atom stereocenters. The SMILES string of the molecule is COc1cc(OCCO)cc(N(C)C(C(=O)c2c[nH]c3ccc(OC(F)(F)F)cc23)c2ccc(F)cc2OC)c1. The molecule has 1 aromatic heterocycles. The fraction of sp³-hybridized carbons (Fsp3) is 0.250. The summed E-state index contributed by atoms with van der Waals surface area (Å²) in [5.74, 6) is -0.758. The van der Waals surface area contributed by atoms with Gasteiger partial charge in [-0.3, -0.25) is 4.79 Å². The van der Waals surface area contributed by atoms with Gasteiger partial charge in [0.2, 0.25) is 0 Å². The molecule has 1 atom stereocenters. The summed E-state index contributed by atoms with van der Waals surface area (Å²) in [6.45, 7) is -0.209. The number of carbonyl (C=O) groups is 1. The molecular weight excluding hydrogens is 536 g/mol. The monoisotopic (exact) mass is 562 g/mol. The number of hydrogen-bond donors (Lipinski definition) is 2. The van der Waals surface area contributed by atoms with Crippen LogP contribution in [0.5, 0.6) is 23.0 Å². The van der Waals surface area contributed by atoms with E-state index in [0.29, 0.717) is 28.3 Å². The third-order valence-electron chi connectivity index (χ3n) is 6.15. The van der Waals surface area contributed by atoms with Crippen LogP contribution in [-0.4, -0.2) is 56.7 Å². The number of aromatic amines is 1. The van der Waals surface area contributed by atoms with Gasteiger partial charge in [-0.2, -0.15) is 0 Å². The second-order valence-electron chi connectivity index (χ2n) is 8.66. The van der Waals surface area contributed by atoms with Crippen molar-refractivity contribution in [2.24, 2.45) is 0 Å². The van der Waals surface area contributed by atoms with Crippen LogP contribution in [0.2, 0.25) is 0 Å². The van der Waals surface area contributed by atoms with Gasteiger partial charge in [0, 0.05) is 65.2 Å². The maximum absolute atomic E-state index is 14.2. The van der Waals surface area contributed by atoms with Gasteiger partial charge < -0.3 is 33.9 Å². The van der Waals surface area contributed by atoms with Crippen LogP contribution in [0.1, 0.15) is 22.0 Å². The zero-order chi connectivity index (χ0) is 29.0. The van der Waals surface area contributed by atoms with E-state index in [9.17, 15) is 22.4 Å². The number of H-pyrrole nitrogens is 1. The summed E-state index contributed by atoms with van der Waals surface area (Å²) >= 11 is 0. The van der Waals surface area contributed by atoms with E-state index in [4.69, 9.17) is 19.3 Å². The lowest BCUT2D eigenvalue weighted by Gasteiger charge is -2.31. The number of ketones is 1. The lowest BCUT2D eigenvalue weighted by Crippen LogP contribution is -2.31. The molecule has 0 radical (unpaired) electrons. The number of carbonyl (C=O) groups excluding carboxylic acids is 1. The van der Waals surface area contributed by atoms with Crippen molar-refractivity contribution in [1.29, 1.82) is 0 Å². The molecule has 212 valence electrons. The van der Waals surface area contributed by atoms with E-state index in [1.807, 2.05) is 0 Å². The van der Waals surface area contributed by atoms with Gasteiger partial charge in [-0.1, -0.05) is 0 Å². The lowest BCUT2D eigenvalue weighted by molar-refractivity contribution is -0.274. The summed E-state index contributed by atoms with van der Waals surface area (Å²) in [6, 6.07) is 11.1. The van der Waals surface area contributed by atoms with E-state index in [2.05, 4.69) is 9.72 Å². The van der Waals surface area contributed by atoms with Crippen LogP contribution in [0.25, 0.3) is 10.9 Å². The summed E-state index contributed by atoms with van der Waals surface area (Å²) in [6.07, 6.45) is -3.52. The number of aliphatic hydroxyl groups excluding tert-OH is 1. The average Bonchev–Trinajstić information content (AvgIpc) is 3.34. The van der Waals surface area contributed by atoms with Crippen molar-refractivity contribution in [1.82, 2.24) is 4.98 Å². The maximum Gasteiger partial charge on any atom is 0.573 e. The Morgan fingerprint density at radius 1 is 1.00 bits per heavy atom. The van der Waals surface area contributed by atoms with E-state index >= 15 is 0 Å². The first-order chi connectivity index (χ1) is 19.0. The molecule has 0 amide bonds. The largest absolute Gasteiger partial charge is 0.573 e. The Morgan fingerprint density at radius 2 is 1.75 bits per heavy atom. The number of likely N-dealkylation sites (N-methyl/N-ethyl adjacent to an activating group) is 1. The van der Waals surface area contributed by atoms with Crippen molar-refractivity contribution in [2.45, 2.75) is 12.4 Å². The number of anilines is 1. The number of methoxy groups -OCH3 is 2. The molecule has 4 aromatic rings. The molecule has 0 saturated heterocycles. The molecule has 8 nitrogen and oxygen atoms in total. The summed E-state index contributed by atoms with van der Waals surface area (Å²) in [5, 5.41) is 9.36. The molecule has 0 aliphatic carbocycles. The molecular formula is C28H26F4N2O6. The van der Waals surface area contributed by atoms with Gasteiger partial charge >= 0.3 is 6.36 Å². The quantitative estimate of drug-likeness (QED) is 0.180. The van der Waals surface area contributed by atoms with Crippen molar-refractivity contribution in [3.05, 3.63) is 77.7 Å². The normalized spacial score (nSPS) is 12.2. The van der Waals surface area contributed by atoms with Gasteiger partial charge in [-0.05, 0) is 30.3 Å². The number of Topliss-reactive ketones (excluding diaryl/α,β-unsaturated/α-hetero) is 1. The van der Waals surface area contributed by atoms with Crippen LogP contribution in [0, 0.1) is 5.82 Å². The first-order valence-electron chi connectivity index (χ1n) is 11.9. The number of alkyl halides is 3. The van der Waals surface area contributed by atoms with Crippen LogP contribution in [-0.2, 0) is 0 Å². The van der Waals surface area contributed by atoms with E-state index in [1.54, 1.807) is 30.1 Å². The fourth-order valence-corrected chi connectivity index (χ4v) is 4.36. The highest BCUT2D eigenvalue weighted by Crippen LogP contribution is 2.39. The zero-order valence-corrected chi connectivity index (χ0v) is 21.7. The fourth-order valence-electron chi connectivity index (χ4n) is 4.36. The average molecular weight is 563 g/mol. The smallest absolute Gasteiger partial charge is 0.497 e. The minimum Gasteiger partial charge on any atom is -0.497 e. The van der Waals surface area contributed by atoms with E-state index in [-0.39, 0.29) is 29.9 Å². The molecule has 1 heterocycles. The number of rotatable bonds is 11. The maximum atomic E-state index is 14.2. The third kappa shape index (κ3) is 6.23. The molecule has 0 spiro atoms. The Kier molecular flexibility index (Phi) is 8.38. The first-order valence-corrected chi connectivity index (χ1v) is 11.9. The number of halogens is 4. The highest BCUT2D eigenvalue weighted by atomic mass is 19.4. The van der Waals surface area contributed by atoms with Crippen molar-refractivity contribution in [2.75, 3.05) is 39.4 Å². The van der Waals surface area contributed by atoms with Crippen LogP contribution in [0.3, 0.4) is 0 Å². The Balaban J connectivity index is 1.86. The predicted octanol–water partition coefficient (Wildman–Crippen LogP) is 5.65. The Labute approximate surface area is 226 Å². The van der Waals surface area contributed by atoms with Crippen molar-refractivity contribution in [3.8, 4) is 23.0 Å². The number of ether oxygens (including phenoxy) is 4. The predicted molar refractivity (Wildman–Crippen MR) is 139 cm³/mol. The Morgan fingerprint density at radius 3 is 2.42 bits per heavy atom. The van der Waals surface area contributed by atoms with Gasteiger partial charge in [-0.15, -0.1) is 13.2 Å². The number of nitrogens with zero attached hydrogens (tertiary/aromatic N) is 1. The summed E-state index contributed by atoms with van der Waals surface area (Å²) in [7, 11) is 4.40. The molecule has 12 heteroatoms. The Bertz CT molecular complexity index is 1500. The molecule has 0 fully saturated rings. The molecule has 40 heavy (non-hydrogen) atoms. The molecule has 3 aromatic carbocycles. The Hall–Kier alpha value is -4.45. The third-order valence-corrected chi connectivity index (χ3v) is 6.15.